The molecule has 0 aliphatic carbocycles. The molecule has 0 fully saturated rings. The van der Waals surface area contributed by atoms with E-state index in [0.29, 0.717) is 6.42 Å². The fraction of sp³-hybridized carbons (Fsp3) is 0.636. The van der Waals surface area contributed by atoms with Gasteiger partial charge in [0.05, 0.1) is 12.5 Å². The monoisotopic (exact) mass is 251 g/mol. The topological polar surface area (TPSA) is 60.4 Å². The largest absolute Gasteiger partial charge is 1.00 e. The van der Waals surface area contributed by atoms with Crippen LogP contribution in [0.15, 0.2) is 12.2 Å². The number of unbranched alkanes of at least 4 members (excludes halogenated alkanes) is 2. The summed E-state index contributed by atoms with van der Waals surface area (Å²) in [5.41, 5.74) is 0. The van der Waals surface area contributed by atoms with Crippen molar-refractivity contribution in [3.05, 3.63) is 12.2 Å². The van der Waals surface area contributed by atoms with Crippen LogP contribution in [0.3, 0.4) is 0 Å². The molecule has 86 valence electrons. The summed E-state index contributed by atoms with van der Waals surface area (Å²) < 4.78 is 0. The van der Waals surface area contributed by atoms with E-state index in [0.717, 1.165) is 19.3 Å². The van der Waals surface area contributed by atoms with Gasteiger partial charge in [0.2, 0.25) is 5.91 Å². The van der Waals surface area contributed by atoms with Crippen molar-refractivity contribution in [1.82, 2.24) is 4.90 Å². The van der Waals surface area contributed by atoms with E-state index in [1.807, 2.05) is 13.0 Å². The first-order valence-corrected chi connectivity index (χ1v) is 5.13. The quantitative estimate of drug-likeness (QED) is 0.282. The van der Waals surface area contributed by atoms with Crippen LogP contribution in [-0.2, 0) is 9.59 Å². The summed E-state index contributed by atoms with van der Waals surface area (Å²) in [5.74, 6) is -1.36. The van der Waals surface area contributed by atoms with Gasteiger partial charge in [-0.2, -0.15) is 0 Å². The Morgan fingerprint density at radius 3 is 2.44 bits per heavy atom. The molecule has 0 aromatic carbocycles. The van der Waals surface area contributed by atoms with Crippen LogP contribution in [0.4, 0.5) is 0 Å². The molecule has 0 saturated carbocycles. The number of amides is 1. The number of carbonyl (C=O) groups excluding carboxylic acids is 2. The summed E-state index contributed by atoms with van der Waals surface area (Å²) in [6.45, 7) is 1.63. The minimum atomic E-state index is -1.22. The Kier molecular flexibility index (Phi) is 13.8. The number of aliphatic carboxylic acids is 1. The molecule has 0 heterocycles. The molecule has 0 atom stereocenters. The Morgan fingerprint density at radius 1 is 1.31 bits per heavy atom. The number of hydrogen-bond donors (Lipinski definition) is 0. The molecule has 0 rings (SSSR count). The summed E-state index contributed by atoms with van der Waals surface area (Å²) in [5, 5.41) is 10.2. The minimum Gasteiger partial charge on any atom is -0.548 e. The maximum absolute atomic E-state index is 11.3. The van der Waals surface area contributed by atoms with Crippen LogP contribution < -0.4 is 56.5 Å². The van der Waals surface area contributed by atoms with Crippen molar-refractivity contribution in [3.8, 4) is 0 Å². The Morgan fingerprint density at radius 2 is 1.94 bits per heavy atom. The van der Waals surface area contributed by atoms with Crippen LogP contribution in [0, 0.1) is 0 Å². The predicted molar refractivity (Wildman–Crippen MR) is 55.9 cm³/mol. The maximum atomic E-state index is 11.3. The molecule has 0 radical (unpaired) electrons. The first-order chi connectivity index (χ1) is 7.07. The van der Waals surface area contributed by atoms with Gasteiger partial charge in [-0.1, -0.05) is 12.2 Å². The van der Waals surface area contributed by atoms with Crippen molar-refractivity contribution < 1.29 is 66.1 Å². The van der Waals surface area contributed by atoms with Gasteiger partial charge < -0.3 is 14.8 Å². The molecule has 0 aromatic heterocycles. The van der Waals surface area contributed by atoms with E-state index in [4.69, 9.17) is 0 Å². The Bertz CT molecular complexity index is 241. The SMILES string of the molecule is C/C=C/CCCCC(=O)N(C)CC(=O)[O-].[K+]. The molecule has 5 heteroatoms. The molecule has 0 spiro atoms. The number of carbonyl (C=O) groups is 2. The molecule has 0 unspecified atom stereocenters. The summed E-state index contributed by atoms with van der Waals surface area (Å²) in [7, 11) is 1.48. The van der Waals surface area contributed by atoms with Crippen LogP contribution in [0.1, 0.15) is 32.6 Å². The molecular formula is C11H18KNO3. The molecule has 0 saturated heterocycles. The van der Waals surface area contributed by atoms with Crippen molar-refractivity contribution in [3.63, 3.8) is 0 Å². The molecule has 0 N–H and O–H groups in total. The number of likely N-dealkylation sites (N-methyl/N-ethyl adjacent to an activating group) is 1. The number of carboxylic acid groups (broad SMARTS) is 1. The van der Waals surface area contributed by atoms with E-state index in [9.17, 15) is 14.7 Å². The van der Waals surface area contributed by atoms with Gasteiger partial charge in [-0.25, -0.2) is 0 Å². The van der Waals surface area contributed by atoms with E-state index >= 15 is 0 Å². The summed E-state index contributed by atoms with van der Waals surface area (Å²) in [6, 6.07) is 0. The van der Waals surface area contributed by atoms with Gasteiger partial charge in [0.15, 0.2) is 0 Å². The molecular weight excluding hydrogens is 233 g/mol. The van der Waals surface area contributed by atoms with Gasteiger partial charge in [0, 0.05) is 13.5 Å². The third kappa shape index (κ3) is 10.8. The van der Waals surface area contributed by atoms with E-state index < -0.39 is 5.97 Å². The maximum Gasteiger partial charge on any atom is 1.00 e. The van der Waals surface area contributed by atoms with Crippen LogP contribution in [0.25, 0.3) is 0 Å². The molecule has 0 aliphatic rings. The second kappa shape index (κ2) is 11.8. The average Bonchev–Trinajstić information content (AvgIpc) is 2.16. The zero-order valence-electron chi connectivity index (χ0n) is 10.4. The third-order valence-electron chi connectivity index (χ3n) is 2.04. The molecule has 0 aromatic rings. The molecule has 0 aliphatic heterocycles. The van der Waals surface area contributed by atoms with Crippen molar-refractivity contribution >= 4 is 11.9 Å². The standard InChI is InChI=1S/C11H19NO3.K/c1-3-4-5-6-7-8-10(13)12(2)9-11(14)15;/h3-4H,5-9H2,1-2H3,(H,14,15);/q;+1/p-1/b4-3+;. The Balaban J connectivity index is 0. The van der Waals surface area contributed by atoms with Gasteiger partial charge in [-0.05, 0) is 26.2 Å². The number of carboxylic acids is 1. The normalized spacial score (nSPS) is 9.88. The van der Waals surface area contributed by atoms with Crippen LogP contribution in [-0.4, -0.2) is 30.4 Å². The number of hydrogen-bond acceptors (Lipinski definition) is 3. The molecule has 0 bridgehead atoms. The zero-order valence-corrected chi connectivity index (χ0v) is 13.5. The number of nitrogens with zero attached hydrogens (tertiary/aromatic N) is 1. The summed E-state index contributed by atoms with van der Waals surface area (Å²) in [6.07, 6.45) is 7.14. The van der Waals surface area contributed by atoms with Gasteiger partial charge in [0.1, 0.15) is 0 Å². The van der Waals surface area contributed by atoms with Crippen molar-refractivity contribution in [2.45, 2.75) is 32.6 Å². The van der Waals surface area contributed by atoms with Crippen LogP contribution in [0.5, 0.6) is 0 Å². The van der Waals surface area contributed by atoms with Crippen LogP contribution >= 0.6 is 0 Å². The average molecular weight is 251 g/mol. The van der Waals surface area contributed by atoms with Crippen LogP contribution in [0.2, 0.25) is 0 Å². The Hall–Kier alpha value is 0.316. The van der Waals surface area contributed by atoms with Gasteiger partial charge in [0.25, 0.3) is 0 Å². The third-order valence-corrected chi connectivity index (χ3v) is 2.04. The summed E-state index contributed by atoms with van der Waals surface area (Å²) in [4.78, 5) is 22.7. The molecule has 1 amide bonds. The smallest absolute Gasteiger partial charge is 0.548 e. The summed E-state index contributed by atoms with van der Waals surface area (Å²) >= 11 is 0. The minimum absolute atomic E-state index is 0. The second-order valence-electron chi connectivity index (χ2n) is 3.44. The van der Waals surface area contributed by atoms with E-state index in [-0.39, 0.29) is 63.8 Å². The van der Waals surface area contributed by atoms with E-state index in [1.165, 1.54) is 11.9 Å². The molecule has 4 nitrogen and oxygen atoms in total. The number of rotatable bonds is 7. The van der Waals surface area contributed by atoms with Gasteiger partial charge in [-0.3, -0.25) is 4.79 Å². The second-order valence-corrected chi connectivity index (χ2v) is 3.44. The van der Waals surface area contributed by atoms with Crippen molar-refractivity contribution in [1.29, 1.82) is 0 Å². The zero-order chi connectivity index (χ0) is 11.7. The molecule has 16 heavy (non-hydrogen) atoms. The van der Waals surface area contributed by atoms with E-state index in [1.54, 1.807) is 0 Å². The first-order valence-electron chi connectivity index (χ1n) is 5.13. The van der Waals surface area contributed by atoms with E-state index in [2.05, 4.69) is 6.08 Å². The van der Waals surface area contributed by atoms with Crippen molar-refractivity contribution in [2.24, 2.45) is 0 Å². The van der Waals surface area contributed by atoms with Crippen molar-refractivity contribution in [2.75, 3.05) is 13.6 Å². The number of allylic oxidation sites excluding steroid dienone is 2. The fourth-order valence-corrected chi connectivity index (χ4v) is 1.18. The fourth-order valence-electron chi connectivity index (χ4n) is 1.18. The Labute approximate surface area is 139 Å². The first kappa shape index (κ1) is 18.7. The van der Waals surface area contributed by atoms with Gasteiger partial charge in [-0.15, -0.1) is 0 Å². The predicted octanol–water partition coefficient (Wildman–Crippen LogP) is -2.66. The van der Waals surface area contributed by atoms with Gasteiger partial charge >= 0.3 is 51.4 Å².